The molecule has 4 aromatic rings. The Morgan fingerprint density at radius 1 is 1.31 bits per heavy atom. The molecule has 0 bridgehead atoms. The van der Waals surface area contributed by atoms with Gasteiger partial charge in [0.05, 0.1) is 37.2 Å². The second-order valence-electron chi connectivity index (χ2n) is 8.12. The molecule has 36 heavy (non-hydrogen) atoms. The van der Waals surface area contributed by atoms with Gasteiger partial charge in [0, 0.05) is 25.1 Å². The van der Waals surface area contributed by atoms with Gasteiger partial charge in [0.25, 0.3) is 11.5 Å². The zero-order valence-electron chi connectivity index (χ0n) is 19.5. The normalized spacial score (nSPS) is 12.6. The third-order valence-electron chi connectivity index (χ3n) is 5.87. The molecule has 12 heteroatoms. The van der Waals surface area contributed by atoms with E-state index in [1.807, 2.05) is 6.92 Å². The van der Waals surface area contributed by atoms with Crippen LogP contribution in [0.25, 0.3) is 0 Å². The maximum atomic E-state index is 12.9. The van der Waals surface area contributed by atoms with Gasteiger partial charge < -0.3 is 20.1 Å². The molecule has 0 saturated heterocycles. The quantitative estimate of drug-likeness (QED) is 0.333. The lowest BCUT2D eigenvalue weighted by Crippen LogP contribution is -2.29. The van der Waals surface area contributed by atoms with Gasteiger partial charge in [0.2, 0.25) is 5.75 Å². The van der Waals surface area contributed by atoms with Crippen molar-refractivity contribution in [2.75, 3.05) is 11.9 Å². The Hall–Kier alpha value is -4.76. The number of nitrogens with one attached hydrogen (secondary N) is 1. The van der Waals surface area contributed by atoms with Crippen LogP contribution in [0.15, 0.2) is 58.4 Å². The largest absolute Gasteiger partial charge is 0.501 e. The van der Waals surface area contributed by atoms with Crippen LogP contribution in [0.2, 0.25) is 0 Å². The second-order valence-corrected chi connectivity index (χ2v) is 8.12. The minimum atomic E-state index is -0.813. The molecular weight excluding hydrogens is 466 g/mol. The van der Waals surface area contributed by atoms with Crippen LogP contribution in [-0.4, -0.2) is 47.2 Å². The summed E-state index contributed by atoms with van der Waals surface area (Å²) in [6.07, 6.45) is 5.84. The standard InChI is InChI=1S/C24H23N7O5/c1-14(19(16-10-26-31(12-16)7-8-32)18-6-4-3-5-15(18)9-25)22-29-20(21(33)24(35)30(22)2)23(34)28-17-11-27-36-13-17/h3-6,10-14,19,32-33H,7-8H2,1-2H3,(H,28,34)/t14-,19-/m0/s1. The molecule has 0 aliphatic heterocycles. The van der Waals surface area contributed by atoms with Crippen LogP contribution in [0.4, 0.5) is 5.69 Å². The maximum Gasteiger partial charge on any atom is 0.296 e. The van der Waals surface area contributed by atoms with E-state index in [0.717, 1.165) is 5.56 Å². The van der Waals surface area contributed by atoms with Crippen molar-refractivity contribution >= 4 is 11.6 Å². The number of carbonyl (C=O) groups excluding carboxylic acids is 1. The Balaban J connectivity index is 1.85. The zero-order valence-corrected chi connectivity index (χ0v) is 19.5. The predicted octanol–water partition coefficient (Wildman–Crippen LogP) is 1.72. The van der Waals surface area contributed by atoms with Crippen molar-refractivity contribution < 1.29 is 19.5 Å². The Kier molecular flexibility index (Phi) is 6.93. The average Bonchev–Trinajstić information content (AvgIpc) is 3.56. The molecule has 12 nitrogen and oxygen atoms in total. The number of benzene rings is 1. The number of aliphatic hydroxyl groups excluding tert-OH is 1. The first-order chi connectivity index (χ1) is 17.3. The molecule has 1 aromatic carbocycles. The number of amides is 1. The fraction of sp³-hybridized carbons (Fsp3) is 0.250. The van der Waals surface area contributed by atoms with Crippen molar-refractivity contribution in [3.05, 3.63) is 87.7 Å². The lowest BCUT2D eigenvalue weighted by Gasteiger charge is -2.26. The summed E-state index contributed by atoms with van der Waals surface area (Å²) in [6, 6.07) is 9.25. The highest BCUT2D eigenvalue weighted by atomic mass is 16.5. The van der Waals surface area contributed by atoms with Gasteiger partial charge in [-0.1, -0.05) is 30.3 Å². The van der Waals surface area contributed by atoms with Crippen LogP contribution in [0.5, 0.6) is 5.75 Å². The van der Waals surface area contributed by atoms with E-state index in [1.54, 1.807) is 41.3 Å². The van der Waals surface area contributed by atoms with Gasteiger partial charge in [0.15, 0.2) is 5.69 Å². The summed E-state index contributed by atoms with van der Waals surface area (Å²) in [5.74, 6) is -2.45. The summed E-state index contributed by atoms with van der Waals surface area (Å²) in [5, 5.41) is 39.7. The number of hydrogen-bond acceptors (Lipinski definition) is 9. The Morgan fingerprint density at radius 2 is 2.08 bits per heavy atom. The van der Waals surface area contributed by atoms with E-state index in [1.165, 1.54) is 24.1 Å². The summed E-state index contributed by atoms with van der Waals surface area (Å²) < 4.78 is 7.44. The number of nitrogens with zero attached hydrogens (tertiary/aromatic N) is 6. The molecule has 3 N–H and O–H groups in total. The summed E-state index contributed by atoms with van der Waals surface area (Å²) in [4.78, 5) is 30.1. The fourth-order valence-electron chi connectivity index (χ4n) is 4.15. The van der Waals surface area contributed by atoms with Crippen molar-refractivity contribution in [2.24, 2.45) is 7.05 Å². The van der Waals surface area contributed by atoms with Gasteiger partial charge in [-0.05, 0) is 17.2 Å². The number of anilines is 1. The smallest absolute Gasteiger partial charge is 0.296 e. The monoisotopic (exact) mass is 489 g/mol. The molecule has 3 aromatic heterocycles. The average molecular weight is 489 g/mol. The van der Waals surface area contributed by atoms with Gasteiger partial charge in [-0.3, -0.25) is 18.8 Å². The molecule has 2 atom stereocenters. The minimum absolute atomic E-state index is 0.102. The van der Waals surface area contributed by atoms with E-state index < -0.39 is 34.7 Å². The van der Waals surface area contributed by atoms with Crippen molar-refractivity contribution in [3.8, 4) is 11.8 Å². The van der Waals surface area contributed by atoms with E-state index in [-0.39, 0.29) is 24.7 Å². The number of aromatic nitrogens is 5. The summed E-state index contributed by atoms with van der Waals surface area (Å²) in [6.45, 7) is 1.99. The highest BCUT2D eigenvalue weighted by Gasteiger charge is 2.31. The van der Waals surface area contributed by atoms with Crippen LogP contribution >= 0.6 is 0 Å². The number of carbonyl (C=O) groups is 1. The Labute approximate surface area is 205 Å². The first-order valence-corrected chi connectivity index (χ1v) is 11.0. The number of nitriles is 1. The second kappa shape index (κ2) is 10.2. The van der Waals surface area contributed by atoms with Crippen LogP contribution < -0.4 is 10.9 Å². The van der Waals surface area contributed by atoms with Gasteiger partial charge in [0.1, 0.15) is 17.8 Å². The van der Waals surface area contributed by atoms with Crippen molar-refractivity contribution in [3.63, 3.8) is 0 Å². The van der Waals surface area contributed by atoms with Crippen LogP contribution in [-0.2, 0) is 13.6 Å². The van der Waals surface area contributed by atoms with E-state index in [4.69, 9.17) is 4.52 Å². The molecule has 184 valence electrons. The molecular formula is C24H23N7O5. The third kappa shape index (κ3) is 4.59. The number of hydrogen-bond donors (Lipinski definition) is 3. The highest BCUT2D eigenvalue weighted by molar-refractivity contribution is 6.04. The van der Waals surface area contributed by atoms with Crippen LogP contribution in [0.3, 0.4) is 0 Å². The minimum Gasteiger partial charge on any atom is -0.501 e. The zero-order chi connectivity index (χ0) is 25.8. The van der Waals surface area contributed by atoms with Gasteiger partial charge in [-0.2, -0.15) is 10.4 Å². The molecule has 0 fully saturated rings. The third-order valence-corrected chi connectivity index (χ3v) is 5.87. The topological polar surface area (TPSA) is 172 Å². The van der Waals surface area contributed by atoms with Gasteiger partial charge in [-0.25, -0.2) is 4.98 Å². The Morgan fingerprint density at radius 3 is 2.78 bits per heavy atom. The molecule has 0 spiro atoms. The molecule has 3 heterocycles. The molecule has 4 rings (SSSR count). The van der Waals surface area contributed by atoms with Crippen LogP contribution in [0.1, 0.15) is 51.8 Å². The molecule has 0 saturated carbocycles. The summed E-state index contributed by atoms with van der Waals surface area (Å²) in [7, 11) is 1.45. The summed E-state index contributed by atoms with van der Waals surface area (Å²) >= 11 is 0. The number of aromatic hydroxyl groups is 1. The number of aliphatic hydroxyl groups is 1. The van der Waals surface area contributed by atoms with Crippen LogP contribution in [0, 0.1) is 11.3 Å². The van der Waals surface area contributed by atoms with E-state index in [2.05, 4.69) is 26.6 Å². The maximum absolute atomic E-state index is 12.9. The van der Waals surface area contributed by atoms with E-state index in [0.29, 0.717) is 11.1 Å². The lowest BCUT2D eigenvalue weighted by atomic mass is 9.80. The fourth-order valence-corrected chi connectivity index (χ4v) is 4.15. The molecule has 0 aliphatic rings. The van der Waals surface area contributed by atoms with E-state index >= 15 is 0 Å². The first-order valence-electron chi connectivity index (χ1n) is 11.0. The van der Waals surface area contributed by atoms with Crippen molar-refractivity contribution in [1.82, 2.24) is 24.5 Å². The Bertz CT molecular complexity index is 1480. The summed E-state index contributed by atoms with van der Waals surface area (Å²) in [5.41, 5.74) is 0.799. The lowest BCUT2D eigenvalue weighted by molar-refractivity contribution is 0.101. The number of rotatable bonds is 8. The van der Waals surface area contributed by atoms with E-state index in [9.17, 15) is 25.1 Å². The SMILES string of the molecule is C[C@H](c1nc(C(=O)Nc2cnoc2)c(O)c(=O)n1C)[C@@H](c1cnn(CCO)c1)c1ccccc1C#N. The highest BCUT2D eigenvalue weighted by Crippen LogP contribution is 2.39. The predicted molar refractivity (Wildman–Crippen MR) is 126 cm³/mol. The molecule has 0 aliphatic carbocycles. The first kappa shape index (κ1) is 24.4. The van der Waals surface area contributed by atoms with Gasteiger partial charge in [-0.15, -0.1) is 0 Å². The molecule has 0 radical (unpaired) electrons. The van der Waals surface area contributed by atoms with Crippen molar-refractivity contribution in [1.29, 1.82) is 5.26 Å². The van der Waals surface area contributed by atoms with Gasteiger partial charge >= 0.3 is 0 Å². The molecule has 1 amide bonds. The molecule has 0 unspecified atom stereocenters. The van der Waals surface area contributed by atoms with Crippen molar-refractivity contribution in [2.45, 2.75) is 25.3 Å².